The molecule has 2 fully saturated rings. The Kier molecular flexibility index (Phi) is 5.04. The fourth-order valence-electron chi connectivity index (χ4n) is 3.65. The molecule has 116 valence electrons. The first-order valence-corrected chi connectivity index (χ1v) is 8.31. The molecule has 21 heavy (non-hydrogen) atoms. The van der Waals surface area contributed by atoms with Crippen molar-refractivity contribution in [1.82, 2.24) is 4.90 Å². The van der Waals surface area contributed by atoms with Gasteiger partial charge in [-0.15, -0.1) is 0 Å². The number of hydrogen-bond donors (Lipinski definition) is 0. The van der Waals surface area contributed by atoms with Gasteiger partial charge in [-0.3, -0.25) is 0 Å². The van der Waals surface area contributed by atoms with Crippen molar-refractivity contribution in [2.75, 3.05) is 33.4 Å². The number of halogens is 1. The van der Waals surface area contributed by atoms with Crippen LogP contribution in [0.5, 0.6) is 5.75 Å². The minimum absolute atomic E-state index is 0.565. The van der Waals surface area contributed by atoms with Crippen LogP contribution >= 0.6 is 11.6 Å². The number of piperidine rings is 1. The molecule has 2 heterocycles. The first-order valence-electron chi connectivity index (χ1n) is 7.93. The van der Waals surface area contributed by atoms with Crippen LogP contribution in [0.3, 0.4) is 0 Å². The summed E-state index contributed by atoms with van der Waals surface area (Å²) in [5, 5.41) is 0.803. The van der Waals surface area contributed by atoms with E-state index in [4.69, 9.17) is 21.1 Å². The largest absolute Gasteiger partial charge is 0.496 e. The summed E-state index contributed by atoms with van der Waals surface area (Å²) in [6.07, 6.45) is 4.75. The molecular formula is C17H24ClNO2. The van der Waals surface area contributed by atoms with E-state index in [9.17, 15) is 0 Å². The number of benzene rings is 1. The lowest BCUT2D eigenvalue weighted by atomic mass is 9.87. The number of ether oxygens (including phenoxy) is 2. The molecule has 0 saturated carbocycles. The molecule has 2 saturated heterocycles. The summed E-state index contributed by atoms with van der Waals surface area (Å²) < 4.78 is 11.0. The first-order chi connectivity index (χ1) is 10.3. The van der Waals surface area contributed by atoms with Crippen LogP contribution < -0.4 is 4.74 Å². The molecule has 2 aliphatic heterocycles. The fourth-order valence-corrected chi connectivity index (χ4v) is 3.83. The molecule has 0 aliphatic carbocycles. The number of nitrogens with zero attached hydrogens (tertiary/aromatic N) is 1. The number of methoxy groups -OCH3 is 1. The Hall–Kier alpha value is -0.770. The van der Waals surface area contributed by atoms with E-state index in [1.165, 1.54) is 44.3 Å². The molecular weight excluding hydrogens is 286 g/mol. The van der Waals surface area contributed by atoms with E-state index in [2.05, 4.69) is 11.0 Å². The Morgan fingerprint density at radius 3 is 2.52 bits per heavy atom. The highest BCUT2D eigenvalue weighted by molar-refractivity contribution is 6.30. The molecule has 1 aromatic rings. The molecule has 0 spiro atoms. The zero-order valence-corrected chi connectivity index (χ0v) is 13.4. The van der Waals surface area contributed by atoms with Gasteiger partial charge in [0, 0.05) is 24.3 Å². The van der Waals surface area contributed by atoms with Gasteiger partial charge < -0.3 is 14.4 Å². The van der Waals surface area contributed by atoms with Crippen molar-refractivity contribution in [2.45, 2.75) is 37.6 Å². The Labute approximate surface area is 132 Å². The molecule has 0 N–H and O–H groups in total. The van der Waals surface area contributed by atoms with Crippen molar-refractivity contribution in [3.05, 3.63) is 28.8 Å². The van der Waals surface area contributed by atoms with E-state index < -0.39 is 0 Å². The quantitative estimate of drug-likeness (QED) is 0.849. The van der Waals surface area contributed by atoms with Crippen molar-refractivity contribution < 1.29 is 9.47 Å². The van der Waals surface area contributed by atoms with Gasteiger partial charge in [-0.1, -0.05) is 11.6 Å². The Balaban J connectivity index is 1.64. The van der Waals surface area contributed by atoms with E-state index >= 15 is 0 Å². The van der Waals surface area contributed by atoms with Gasteiger partial charge in [0.25, 0.3) is 0 Å². The molecule has 1 aromatic carbocycles. The SMILES string of the molecule is COc1ccc(Cl)cc1C1CCN(C2CCOCC2)CC1. The number of rotatable bonds is 3. The summed E-state index contributed by atoms with van der Waals surface area (Å²) in [6, 6.07) is 6.69. The van der Waals surface area contributed by atoms with Crippen LogP contribution in [0.15, 0.2) is 18.2 Å². The maximum atomic E-state index is 6.16. The maximum absolute atomic E-state index is 6.16. The van der Waals surface area contributed by atoms with Gasteiger partial charge in [-0.25, -0.2) is 0 Å². The molecule has 4 heteroatoms. The second-order valence-corrected chi connectivity index (χ2v) is 6.48. The normalized spacial score (nSPS) is 22.4. The predicted octanol–water partition coefficient (Wildman–Crippen LogP) is 3.71. The van der Waals surface area contributed by atoms with E-state index in [1.807, 2.05) is 12.1 Å². The summed E-state index contributed by atoms with van der Waals surface area (Å²) in [4.78, 5) is 2.65. The molecule has 3 nitrogen and oxygen atoms in total. The van der Waals surface area contributed by atoms with Crippen molar-refractivity contribution >= 4 is 11.6 Å². The highest BCUT2D eigenvalue weighted by Gasteiger charge is 2.28. The fraction of sp³-hybridized carbons (Fsp3) is 0.647. The van der Waals surface area contributed by atoms with Gasteiger partial charge in [0.1, 0.15) is 5.75 Å². The Morgan fingerprint density at radius 1 is 1.14 bits per heavy atom. The monoisotopic (exact) mass is 309 g/mol. The van der Waals surface area contributed by atoms with Crippen molar-refractivity contribution in [2.24, 2.45) is 0 Å². The molecule has 0 unspecified atom stereocenters. The van der Waals surface area contributed by atoms with Gasteiger partial charge in [-0.05, 0) is 68.5 Å². The highest BCUT2D eigenvalue weighted by atomic mass is 35.5. The standard InChI is InChI=1S/C17H24ClNO2/c1-20-17-3-2-14(18)12-16(17)13-4-8-19(9-5-13)15-6-10-21-11-7-15/h2-3,12-13,15H,4-11H2,1H3. The molecule has 0 radical (unpaired) electrons. The van der Waals surface area contributed by atoms with Crippen LogP contribution in [-0.2, 0) is 4.74 Å². The smallest absolute Gasteiger partial charge is 0.122 e. The van der Waals surface area contributed by atoms with E-state index in [0.29, 0.717) is 5.92 Å². The minimum atomic E-state index is 0.565. The summed E-state index contributed by atoms with van der Waals surface area (Å²) >= 11 is 6.16. The average molecular weight is 310 g/mol. The zero-order valence-electron chi connectivity index (χ0n) is 12.7. The lowest BCUT2D eigenvalue weighted by molar-refractivity contribution is 0.0251. The third kappa shape index (κ3) is 3.53. The number of hydrogen-bond acceptors (Lipinski definition) is 3. The van der Waals surface area contributed by atoms with Gasteiger partial charge in [0.05, 0.1) is 7.11 Å². The Bertz CT molecular complexity index is 466. The van der Waals surface area contributed by atoms with Gasteiger partial charge in [-0.2, -0.15) is 0 Å². The lowest BCUT2D eigenvalue weighted by Gasteiger charge is -2.39. The number of likely N-dealkylation sites (tertiary alicyclic amines) is 1. The predicted molar refractivity (Wildman–Crippen MR) is 85.4 cm³/mol. The van der Waals surface area contributed by atoms with Crippen LogP contribution in [0.4, 0.5) is 0 Å². The minimum Gasteiger partial charge on any atom is -0.496 e. The van der Waals surface area contributed by atoms with Crippen LogP contribution in [-0.4, -0.2) is 44.4 Å². The van der Waals surface area contributed by atoms with E-state index in [-0.39, 0.29) is 0 Å². The molecule has 0 atom stereocenters. The van der Waals surface area contributed by atoms with Crippen LogP contribution in [0.25, 0.3) is 0 Å². The van der Waals surface area contributed by atoms with Crippen molar-refractivity contribution in [3.63, 3.8) is 0 Å². The summed E-state index contributed by atoms with van der Waals surface area (Å²) in [6.45, 7) is 4.19. The van der Waals surface area contributed by atoms with Crippen LogP contribution in [0.1, 0.15) is 37.2 Å². The highest BCUT2D eigenvalue weighted by Crippen LogP contribution is 2.36. The van der Waals surface area contributed by atoms with Crippen LogP contribution in [0.2, 0.25) is 5.02 Å². The third-order valence-corrected chi connectivity index (χ3v) is 5.10. The molecule has 3 rings (SSSR count). The molecule has 0 bridgehead atoms. The average Bonchev–Trinajstić information content (AvgIpc) is 2.56. The first kappa shape index (κ1) is 15.1. The van der Waals surface area contributed by atoms with Crippen molar-refractivity contribution in [1.29, 1.82) is 0 Å². The van der Waals surface area contributed by atoms with Crippen molar-refractivity contribution in [3.8, 4) is 5.75 Å². The van der Waals surface area contributed by atoms with Gasteiger partial charge >= 0.3 is 0 Å². The van der Waals surface area contributed by atoms with Crippen LogP contribution in [0, 0.1) is 0 Å². The van der Waals surface area contributed by atoms with Gasteiger partial charge in [0.2, 0.25) is 0 Å². The second kappa shape index (κ2) is 6.99. The second-order valence-electron chi connectivity index (χ2n) is 6.04. The van der Waals surface area contributed by atoms with E-state index in [0.717, 1.165) is 30.0 Å². The zero-order chi connectivity index (χ0) is 14.7. The summed E-state index contributed by atoms with van der Waals surface area (Å²) in [5.41, 5.74) is 1.27. The topological polar surface area (TPSA) is 21.7 Å². The molecule has 0 aromatic heterocycles. The van der Waals surface area contributed by atoms with Gasteiger partial charge in [0.15, 0.2) is 0 Å². The summed E-state index contributed by atoms with van der Waals surface area (Å²) in [5.74, 6) is 1.54. The Morgan fingerprint density at radius 2 is 1.86 bits per heavy atom. The van der Waals surface area contributed by atoms with E-state index in [1.54, 1.807) is 7.11 Å². The summed E-state index contributed by atoms with van der Waals surface area (Å²) in [7, 11) is 1.74. The third-order valence-electron chi connectivity index (χ3n) is 4.87. The molecule has 0 amide bonds. The molecule has 2 aliphatic rings. The maximum Gasteiger partial charge on any atom is 0.122 e. The lowest BCUT2D eigenvalue weighted by Crippen LogP contribution is -2.43.